The Labute approximate surface area is 191 Å². The second-order valence-electron chi connectivity index (χ2n) is 7.13. The van der Waals surface area contributed by atoms with Crippen LogP contribution in [0.3, 0.4) is 0 Å². The number of nitrogens with zero attached hydrogens (tertiary/aromatic N) is 4. The number of nitriles is 1. The summed E-state index contributed by atoms with van der Waals surface area (Å²) < 4.78 is 7.18. The van der Waals surface area contributed by atoms with Crippen molar-refractivity contribution in [3.63, 3.8) is 0 Å². The SMILES string of the molecule is N#C/C(C(=O)N1CCOCC1)=c1\s/c(=C/c2ccc([N+](=O)[O-])cc2)c(=O)n1-c1ccccc1. The van der Waals surface area contributed by atoms with Crippen LogP contribution in [0.1, 0.15) is 5.56 Å². The largest absolute Gasteiger partial charge is 0.378 e. The lowest BCUT2D eigenvalue weighted by Crippen LogP contribution is -2.42. The van der Waals surface area contributed by atoms with E-state index in [0.717, 1.165) is 11.3 Å². The number of hydrogen-bond acceptors (Lipinski definition) is 7. The minimum Gasteiger partial charge on any atom is -0.378 e. The summed E-state index contributed by atoms with van der Waals surface area (Å²) in [5.74, 6) is -0.450. The molecule has 33 heavy (non-hydrogen) atoms. The minimum absolute atomic E-state index is 0.0584. The summed E-state index contributed by atoms with van der Waals surface area (Å²) in [6.45, 7) is 1.51. The highest BCUT2D eigenvalue weighted by Crippen LogP contribution is 2.12. The molecule has 1 saturated heterocycles. The zero-order chi connectivity index (χ0) is 23.4. The van der Waals surface area contributed by atoms with Gasteiger partial charge in [0.15, 0.2) is 5.57 Å². The Kier molecular flexibility index (Phi) is 6.44. The molecule has 0 saturated carbocycles. The minimum atomic E-state index is -0.499. The molecule has 1 aliphatic rings. The van der Waals surface area contributed by atoms with E-state index in [4.69, 9.17) is 4.74 Å². The molecule has 3 aromatic rings. The molecule has 0 unspecified atom stereocenters. The second-order valence-corrected chi connectivity index (χ2v) is 8.16. The monoisotopic (exact) mass is 462 g/mol. The van der Waals surface area contributed by atoms with Crippen molar-refractivity contribution in [2.75, 3.05) is 26.3 Å². The van der Waals surface area contributed by atoms with Crippen LogP contribution in [0.2, 0.25) is 0 Å². The fourth-order valence-corrected chi connectivity index (χ4v) is 4.51. The molecule has 0 atom stereocenters. The third-order valence-corrected chi connectivity index (χ3v) is 6.17. The first-order chi connectivity index (χ1) is 16.0. The summed E-state index contributed by atoms with van der Waals surface area (Å²) in [7, 11) is 0. The molecule has 1 aromatic heterocycles. The average molecular weight is 462 g/mol. The van der Waals surface area contributed by atoms with Gasteiger partial charge in [-0.15, -0.1) is 11.3 Å². The number of nitro benzene ring substituents is 1. The highest BCUT2D eigenvalue weighted by atomic mass is 32.1. The molecule has 0 N–H and O–H groups in total. The number of para-hydroxylation sites is 1. The molecule has 0 aliphatic carbocycles. The molecule has 10 heteroatoms. The first-order valence-electron chi connectivity index (χ1n) is 10.0. The second kappa shape index (κ2) is 9.60. The Morgan fingerprint density at radius 2 is 1.79 bits per heavy atom. The van der Waals surface area contributed by atoms with Gasteiger partial charge >= 0.3 is 0 Å². The van der Waals surface area contributed by atoms with Crippen molar-refractivity contribution >= 4 is 34.6 Å². The number of carbonyl (C=O) groups excluding carboxylic acids is 1. The van der Waals surface area contributed by atoms with E-state index in [1.54, 1.807) is 41.3 Å². The van der Waals surface area contributed by atoms with Crippen molar-refractivity contribution in [3.05, 3.63) is 89.8 Å². The first-order valence-corrected chi connectivity index (χ1v) is 10.9. The van der Waals surface area contributed by atoms with Gasteiger partial charge in [0.25, 0.3) is 17.2 Å². The number of non-ortho nitro benzene ring substituents is 1. The van der Waals surface area contributed by atoms with Gasteiger partial charge in [0.2, 0.25) is 0 Å². The van der Waals surface area contributed by atoms with Crippen molar-refractivity contribution < 1.29 is 14.5 Å². The van der Waals surface area contributed by atoms with Crippen LogP contribution in [0.15, 0.2) is 59.4 Å². The van der Waals surface area contributed by atoms with Gasteiger partial charge in [-0.2, -0.15) is 5.26 Å². The molecule has 0 radical (unpaired) electrons. The number of thiazole rings is 1. The number of morpholine rings is 1. The number of nitro groups is 1. The van der Waals surface area contributed by atoms with Crippen LogP contribution >= 0.6 is 11.3 Å². The average Bonchev–Trinajstić information content (AvgIpc) is 3.16. The third-order valence-electron chi connectivity index (χ3n) is 5.08. The summed E-state index contributed by atoms with van der Waals surface area (Å²) in [6, 6.07) is 16.6. The van der Waals surface area contributed by atoms with Gasteiger partial charge in [0.1, 0.15) is 10.7 Å². The standard InChI is InChI=1S/C23H18N4O5S/c24-15-19(21(28)25-10-12-32-13-11-25)23-26(17-4-2-1-3-5-17)22(29)20(33-23)14-16-6-8-18(9-7-16)27(30)31/h1-9,14H,10-13H2/b20-14+,23-19+. The fourth-order valence-electron chi connectivity index (χ4n) is 3.42. The number of carbonyl (C=O) groups is 1. The predicted molar refractivity (Wildman–Crippen MR) is 122 cm³/mol. The van der Waals surface area contributed by atoms with E-state index >= 15 is 0 Å². The van der Waals surface area contributed by atoms with E-state index < -0.39 is 10.8 Å². The molecule has 9 nitrogen and oxygen atoms in total. The Morgan fingerprint density at radius 3 is 2.39 bits per heavy atom. The molecule has 1 amide bonds. The molecule has 2 aromatic carbocycles. The van der Waals surface area contributed by atoms with Crippen LogP contribution in [0.4, 0.5) is 5.69 Å². The number of benzene rings is 2. The van der Waals surface area contributed by atoms with Gasteiger partial charge in [0.05, 0.1) is 28.4 Å². The van der Waals surface area contributed by atoms with Crippen LogP contribution in [0.25, 0.3) is 17.3 Å². The smallest absolute Gasteiger partial charge is 0.273 e. The lowest BCUT2D eigenvalue weighted by molar-refractivity contribution is -0.384. The maximum atomic E-state index is 13.4. The Balaban J connectivity index is 1.94. The maximum absolute atomic E-state index is 13.4. The summed E-state index contributed by atoms with van der Waals surface area (Å²) in [6.07, 6.45) is 1.59. The van der Waals surface area contributed by atoms with Gasteiger partial charge in [-0.05, 0) is 35.9 Å². The van der Waals surface area contributed by atoms with Gasteiger partial charge in [0, 0.05) is 25.2 Å². The highest BCUT2D eigenvalue weighted by Gasteiger charge is 2.24. The fraction of sp³-hybridized carbons (Fsp3) is 0.174. The van der Waals surface area contributed by atoms with E-state index in [0.29, 0.717) is 42.1 Å². The number of aromatic nitrogens is 1. The molecule has 0 bridgehead atoms. The normalized spacial score (nSPS) is 15.1. The summed E-state index contributed by atoms with van der Waals surface area (Å²) >= 11 is 1.03. The number of ether oxygens (including phenoxy) is 1. The van der Waals surface area contributed by atoms with Crippen LogP contribution in [0.5, 0.6) is 0 Å². The third kappa shape index (κ3) is 4.59. The Morgan fingerprint density at radius 1 is 1.12 bits per heavy atom. The van der Waals surface area contributed by atoms with E-state index in [1.165, 1.54) is 28.8 Å². The molecule has 0 spiro atoms. The van der Waals surface area contributed by atoms with Crippen molar-refractivity contribution in [2.24, 2.45) is 0 Å². The van der Waals surface area contributed by atoms with E-state index in [-0.39, 0.29) is 21.5 Å². The summed E-state index contributed by atoms with van der Waals surface area (Å²) in [5, 5.41) is 20.8. The van der Waals surface area contributed by atoms with Crippen molar-refractivity contribution in [1.82, 2.24) is 9.47 Å². The van der Waals surface area contributed by atoms with Crippen LogP contribution in [-0.2, 0) is 9.53 Å². The van der Waals surface area contributed by atoms with Gasteiger partial charge < -0.3 is 9.64 Å². The number of amides is 1. The summed E-state index contributed by atoms with van der Waals surface area (Å²) in [5.41, 5.74) is 0.550. The molecular formula is C23H18N4O5S. The van der Waals surface area contributed by atoms with E-state index in [9.17, 15) is 25.0 Å². The van der Waals surface area contributed by atoms with Crippen LogP contribution < -0.4 is 14.8 Å². The molecule has 1 fully saturated rings. The van der Waals surface area contributed by atoms with Crippen LogP contribution in [0, 0.1) is 21.4 Å². The van der Waals surface area contributed by atoms with Crippen molar-refractivity contribution in [2.45, 2.75) is 0 Å². The Hall–Kier alpha value is -4.07. The Bertz CT molecular complexity index is 1410. The summed E-state index contributed by atoms with van der Waals surface area (Å²) in [4.78, 5) is 38.4. The van der Waals surface area contributed by atoms with Gasteiger partial charge in [-0.3, -0.25) is 24.3 Å². The lowest BCUT2D eigenvalue weighted by Gasteiger charge is -2.26. The van der Waals surface area contributed by atoms with Crippen molar-refractivity contribution in [1.29, 1.82) is 5.26 Å². The van der Waals surface area contributed by atoms with E-state index in [2.05, 4.69) is 0 Å². The molecule has 4 rings (SSSR count). The van der Waals surface area contributed by atoms with Crippen LogP contribution in [-0.4, -0.2) is 46.6 Å². The highest BCUT2D eigenvalue weighted by molar-refractivity contribution is 7.07. The zero-order valence-corrected chi connectivity index (χ0v) is 18.2. The number of rotatable bonds is 4. The first kappa shape index (κ1) is 22.1. The zero-order valence-electron chi connectivity index (χ0n) is 17.3. The lowest BCUT2D eigenvalue weighted by atomic mass is 10.2. The van der Waals surface area contributed by atoms with E-state index in [1.807, 2.05) is 6.07 Å². The molecule has 166 valence electrons. The number of hydrogen-bond donors (Lipinski definition) is 0. The van der Waals surface area contributed by atoms with Crippen molar-refractivity contribution in [3.8, 4) is 11.8 Å². The molecular weight excluding hydrogens is 444 g/mol. The topological polar surface area (TPSA) is 118 Å². The molecule has 2 heterocycles. The quantitative estimate of drug-likeness (QED) is 0.424. The van der Waals surface area contributed by atoms with Gasteiger partial charge in [-0.25, -0.2) is 0 Å². The van der Waals surface area contributed by atoms with Gasteiger partial charge in [-0.1, -0.05) is 18.2 Å². The predicted octanol–water partition coefficient (Wildman–Crippen LogP) is 1.17. The maximum Gasteiger partial charge on any atom is 0.273 e. The molecule has 1 aliphatic heterocycles.